The molecule has 35 heavy (non-hydrogen) atoms. The second kappa shape index (κ2) is 12.4. The van der Waals surface area contributed by atoms with Gasteiger partial charge in [-0.2, -0.15) is 0 Å². The minimum absolute atomic E-state index is 0.0698. The van der Waals surface area contributed by atoms with Crippen molar-refractivity contribution in [3.63, 3.8) is 0 Å². The maximum absolute atomic E-state index is 12.6. The molecule has 0 bridgehead atoms. The smallest absolute Gasteiger partial charge is 0.253 e. The Bertz CT molecular complexity index is 1140. The number of rotatable bonds is 12. The van der Waals surface area contributed by atoms with Gasteiger partial charge in [-0.25, -0.2) is 8.42 Å². The molecule has 0 aliphatic carbocycles. The molecule has 2 aromatic rings. The lowest BCUT2D eigenvalue weighted by Gasteiger charge is -2.25. The van der Waals surface area contributed by atoms with E-state index in [2.05, 4.69) is 10.6 Å². The molecule has 3 rings (SSSR count). The van der Waals surface area contributed by atoms with Crippen molar-refractivity contribution < 1.29 is 32.2 Å². The van der Waals surface area contributed by atoms with E-state index in [1.807, 2.05) is 0 Å². The molecule has 10 nitrogen and oxygen atoms in total. The highest BCUT2D eigenvalue weighted by molar-refractivity contribution is 7.92. The lowest BCUT2D eigenvalue weighted by Crippen LogP contribution is -2.31. The molecule has 1 heterocycles. The number of anilines is 2. The van der Waals surface area contributed by atoms with Crippen molar-refractivity contribution >= 4 is 33.2 Å². The zero-order chi connectivity index (χ0) is 25.3. The Balaban J connectivity index is 1.59. The standard InChI is InChI=1S/C24H31N3O7S/c1-32-14-6-12-25-24(29)19-7-3-4-8-20(19)26-23(28)9-5-13-27(35(2,30)31)18-10-11-21-22(17-18)34-16-15-33-21/h3-4,7-8,10-11,17H,5-6,9,12-16H2,1-2H3,(H,25,29)(H,26,28). The van der Waals surface area contributed by atoms with Crippen LogP contribution in [0.2, 0.25) is 0 Å². The van der Waals surface area contributed by atoms with E-state index >= 15 is 0 Å². The van der Waals surface area contributed by atoms with Crippen molar-refractivity contribution in [1.82, 2.24) is 5.32 Å². The molecule has 0 saturated carbocycles. The van der Waals surface area contributed by atoms with E-state index in [0.29, 0.717) is 61.2 Å². The predicted octanol–water partition coefficient (Wildman–Crippen LogP) is 2.41. The van der Waals surface area contributed by atoms with Crippen LogP contribution in [0.15, 0.2) is 42.5 Å². The van der Waals surface area contributed by atoms with Gasteiger partial charge in [0.1, 0.15) is 13.2 Å². The number of carbonyl (C=O) groups is 2. The monoisotopic (exact) mass is 505 g/mol. The summed E-state index contributed by atoms with van der Waals surface area (Å²) in [4.78, 5) is 25.1. The van der Waals surface area contributed by atoms with E-state index in [1.54, 1.807) is 49.6 Å². The maximum Gasteiger partial charge on any atom is 0.253 e. The Morgan fingerprint density at radius 2 is 1.80 bits per heavy atom. The summed E-state index contributed by atoms with van der Waals surface area (Å²) >= 11 is 0. The quantitative estimate of drug-likeness (QED) is 0.425. The number of sulfonamides is 1. The molecule has 190 valence electrons. The Hall–Kier alpha value is -3.31. The van der Waals surface area contributed by atoms with Gasteiger partial charge in [-0.1, -0.05) is 12.1 Å². The van der Waals surface area contributed by atoms with Crippen LogP contribution in [0.25, 0.3) is 0 Å². The van der Waals surface area contributed by atoms with E-state index in [0.717, 1.165) is 6.26 Å². The molecule has 1 aliphatic rings. The predicted molar refractivity (Wildman–Crippen MR) is 133 cm³/mol. The fraction of sp³-hybridized carbons (Fsp3) is 0.417. The number of nitrogens with zero attached hydrogens (tertiary/aromatic N) is 1. The van der Waals surface area contributed by atoms with E-state index in [9.17, 15) is 18.0 Å². The lowest BCUT2D eigenvalue weighted by molar-refractivity contribution is -0.116. The van der Waals surface area contributed by atoms with Gasteiger partial charge in [0.2, 0.25) is 15.9 Å². The molecule has 0 spiro atoms. The Morgan fingerprint density at radius 1 is 1.06 bits per heavy atom. The maximum atomic E-state index is 12.6. The van der Waals surface area contributed by atoms with Crippen LogP contribution in [-0.2, 0) is 19.6 Å². The highest BCUT2D eigenvalue weighted by Crippen LogP contribution is 2.34. The van der Waals surface area contributed by atoms with Crippen LogP contribution in [0.4, 0.5) is 11.4 Å². The molecule has 0 unspecified atom stereocenters. The second-order valence-corrected chi connectivity index (χ2v) is 9.87. The topological polar surface area (TPSA) is 123 Å². The first-order chi connectivity index (χ1) is 16.8. The van der Waals surface area contributed by atoms with Crippen LogP contribution in [-0.4, -0.2) is 66.5 Å². The molecule has 0 aromatic heterocycles. The summed E-state index contributed by atoms with van der Waals surface area (Å²) in [5, 5.41) is 5.56. The average molecular weight is 506 g/mol. The zero-order valence-corrected chi connectivity index (χ0v) is 20.7. The van der Waals surface area contributed by atoms with E-state index < -0.39 is 10.0 Å². The van der Waals surface area contributed by atoms with Crippen LogP contribution in [0.3, 0.4) is 0 Å². The number of methoxy groups -OCH3 is 1. The number of hydrogen-bond acceptors (Lipinski definition) is 7. The SMILES string of the molecule is COCCCNC(=O)c1ccccc1NC(=O)CCCN(c1ccc2c(c1)OCCO2)S(C)(=O)=O. The molecule has 0 fully saturated rings. The molecule has 2 N–H and O–H groups in total. The van der Waals surface area contributed by atoms with Crippen molar-refractivity contribution in [1.29, 1.82) is 0 Å². The summed E-state index contributed by atoms with van der Waals surface area (Å²) in [7, 11) is -1.99. The fourth-order valence-corrected chi connectivity index (χ4v) is 4.53. The molecule has 2 amide bonds. The molecule has 0 saturated heterocycles. The molecular formula is C24H31N3O7S. The first-order valence-corrected chi connectivity index (χ1v) is 13.2. The van der Waals surface area contributed by atoms with Crippen LogP contribution >= 0.6 is 0 Å². The van der Waals surface area contributed by atoms with Crippen LogP contribution in [0.1, 0.15) is 29.6 Å². The number of fused-ring (bicyclic) bond motifs is 1. The molecule has 0 radical (unpaired) electrons. The third-order valence-electron chi connectivity index (χ3n) is 5.24. The van der Waals surface area contributed by atoms with Crippen molar-refractivity contribution in [2.45, 2.75) is 19.3 Å². The third-order valence-corrected chi connectivity index (χ3v) is 6.43. The van der Waals surface area contributed by atoms with E-state index in [4.69, 9.17) is 14.2 Å². The van der Waals surface area contributed by atoms with Gasteiger partial charge in [0.05, 0.1) is 23.2 Å². The van der Waals surface area contributed by atoms with Gasteiger partial charge in [0.15, 0.2) is 11.5 Å². The summed E-state index contributed by atoms with van der Waals surface area (Å²) in [6.45, 7) is 1.93. The highest BCUT2D eigenvalue weighted by Gasteiger charge is 2.21. The van der Waals surface area contributed by atoms with Crippen molar-refractivity contribution in [2.75, 3.05) is 55.9 Å². The van der Waals surface area contributed by atoms with Gasteiger partial charge < -0.3 is 24.8 Å². The van der Waals surface area contributed by atoms with Gasteiger partial charge in [-0.3, -0.25) is 13.9 Å². The zero-order valence-electron chi connectivity index (χ0n) is 19.9. The molecule has 2 aromatic carbocycles. The number of nitrogens with one attached hydrogen (secondary N) is 2. The summed E-state index contributed by atoms with van der Waals surface area (Å²) < 4.78 is 42.1. The number of benzene rings is 2. The molecule has 11 heteroatoms. The minimum atomic E-state index is -3.59. The van der Waals surface area contributed by atoms with Gasteiger partial charge in [-0.05, 0) is 37.1 Å². The van der Waals surface area contributed by atoms with Gasteiger partial charge in [0.25, 0.3) is 5.91 Å². The van der Waals surface area contributed by atoms with Crippen LogP contribution in [0, 0.1) is 0 Å². The highest BCUT2D eigenvalue weighted by atomic mass is 32.2. The van der Waals surface area contributed by atoms with Crippen LogP contribution in [0.5, 0.6) is 11.5 Å². The second-order valence-electron chi connectivity index (χ2n) is 7.96. The van der Waals surface area contributed by atoms with Crippen molar-refractivity contribution in [2.24, 2.45) is 0 Å². The lowest BCUT2D eigenvalue weighted by atomic mass is 10.1. The Morgan fingerprint density at radius 3 is 2.54 bits per heavy atom. The first-order valence-electron chi connectivity index (χ1n) is 11.3. The summed E-state index contributed by atoms with van der Waals surface area (Å²) in [6, 6.07) is 11.7. The number of carbonyl (C=O) groups excluding carboxylic acids is 2. The summed E-state index contributed by atoms with van der Waals surface area (Å²) in [6.07, 6.45) is 2.14. The number of amides is 2. The molecular weight excluding hydrogens is 474 g/mol. The number of ether oxygens (including phenoxy) is 3. The Kier molecular flexibility index (Phi) is 9.32. The van der Waals surface area contributed by atoms with Crippen molar-refractivity contribution in [3.8, 4) is 11.5 Å². The Labute approximate surface area is 205 Å². The van der Waals surface area contributed by atoms with Gasteiger partial charge >= 0.3 is 0 Å². The normalized spacial score (nSPS) is 12.6. The van der Waals surface area contributed by atoms with Gasteiger partial charge in [0, 0.05) is 39.3 Å². The summed E-state index contributed by atoms with van der Waals surface area (Å²) in [5.41, 5.74) is 1.19. The van der Waals surface area contributed by atoms with Gasteiger partial charge in [-0.15, -0.1) is 0 Å². The minimum Gasteiger partial charge on any atom is -0.486 e. The van der Waals surface area contributed by atoms with Crippen LogP contribution < -0.4 is 24.4 Å². The fourth-order valence-electron chi connectivity index (χ4n) is 3.57. The average Bonchev–Trinajstić information content (AvgIpc) is 2.83. The first kappa shape index (κ1) is 26.3. The van der Waals surface area contributed by atoms with Crippen molar-refractivity contribution in [3.05, 3.63) is 48.0 Å². The summed E-state index contributed by atoms with van der Waals surface area (Å²) in [5.74, 6) is 0.436. The molecule has 0 atom stereocenters. The van der Waals surface area contributed by atoms with E-state index in [-0.39, 0.29) is 31.2 Å². The number of hydrogen-bond donors (Lipinski definition) is 2. The third kappa shape index (κ3) is 7.59. The molecule has 1 aliphatic heterocycles. The largest absolute Gasteiger partial charge is 0.486 e. The number of para-hydroxylation sites is 1. The van der Waals surface area contributed by atoms with E-state index in [1.165, 1.54) is 4.31 Å².